The zero-order chi connectivity index (χ0) is 105. The number of thiazole rings is 3. The molecule has 6 fully saturated rings. The Labute approximate surface area is 892 Å². The number of carbonyl (C=O) groups excluding carboxylic acids is 4. The van der Waals surface area contributed by atoms with Crippen molar-refractivity contribution < 1.29 is 52.8 Å². The molecule has 1 N–H and O–H groups in total. The molecule has 1 aliphatic carbocycles. The van der Waals surface area contributed by atoms with Gasteiger partial charge in [-0.25, -0.2) is 29.3 Å². The summed E-state index contributed by atoms with van der Waals surface area (Å²) >= 11 is 23.8. The molecule has 15 aromatic rings. The van der Waals surface area contributed by atoms with E-state index in [9.17, 15) is 29.1 Å². The van der Waals surface area contributed by atoms with Gasteiger partial charge in [-0.05, 0) is 330 Å². The third kappa shape index (κ3) is 22.1. The number of hydrogen-bond acceptors (Lipinski definition) is 22. The Morgan fingerprint density at radius 1 is 0.385 bits per heavy atom. The van der Waals surface area contributed by atoms with Gasteiger partial charge in [-0.3, -0.25) is 33.4 Å². The minimum Gasteiger partial charge on any atom is -0.479 e. The van der Waals surface area contributed by atoms with Crippen LogP contribution in [0.4, 0.5) is 0 Å². The van der Waals surface area contributed by atoms with Crippen LogP contribution in [0.25, 0.3) is 128 Å². The summed E-state index contributed by atoms with van der Waals surface area (Å²) in [4.78, 5) is 90.4. The smallest absolute Gasteiger partial charge is 0.339 e. The van der Waals surface area contributed by atoms with Crippen molar-refractivity contribution in [3.8, 4) is 65.1 Å². The molecule has 31 heteroatoms. The number of aliphatic carboxylic acids is 1. The number of piperidine rings is 3. The first-order valence-electron chi connectivity index (χ1n) is 51.9. The molecule has 11 heterocycles. The van der Waals surface area contributed by atoms with Crippen LogP contribution < -0.4 is 0 Å². The minimum absolute atomic E-state index is 0.158. The van der Waals surface area contributed by atoms with Gasteiger partial charge in [0.25, 0.3) is 0 Å². The van der Waals surface area contributed by atoms with E-state index in [4.69, 9.17) is 88.7 Å². The van der Waals surface area contributed by atoms with Gasteiger partial charge in [-0.15, -0.1) is 34.0 Å². The first-order valence-corrected chi connectivity index (χ1v) is 55.5. The van der Waals surface area contributed by atoms with E-state index in [1.54, 1.807) is 47.9 Å². The number of esters is 2. The number of halogens is 3. The second-order valence-electron chi connectivity index (χ2n) is 43.6. The number of amides is 2. The van der Waals surface area contributed by atoms with Crippen LogP contribution in [0.3, 0.4) is 0 Å². The van der Waals surface area contributed by atoms with E-state index in [0.717, 1.165) is 272 Å². The lowest BCUT2D eigenvalue weighted by molar-refractivity contribution is -0.167. The second-order valence-corrected chi connectivity index (χ2v) is 47.9. The minimum atomic E-state index is -1.17. The molecule has 0 unspecified atom stereocenters. The summed E-state index contributed by atoms with van der Waals surface area (Å²) in [6.07, 6.45) is 7.53. The molecule has 9 aromatic carbocycles. The van der Waals surface area contributed by atoms with Gasteiger partial charge in [0.1, 0.15) is 15.0 Å². The fraction of sp³-hybridized carbons (Fsp3) is 0.444. The summed E-state index contributed by atoms with van der Waals surface area (Å²) in [7, 11) is 6.07. The van der Waals surface area contributed by atoms with Crippen LogP contribution in [0.5, 0.6) is 0 Å². The zero-order valence-electron chi connectivity index (χ0n) is 88.1. The van der Waals surface area contributed by atoms with Crippen LogP contribution in [-0.2, 0) is 68.8 Å². The average molecular weight is 2110 g/mol. The van der Waals surface area contributed by atoms with E-state index in [0.29, 0.717) is 50.5 Å². The number of hydrogen-bond donors (Lipinski definition) is 1. The Kier molecular flexibility index (Phi) is 30.7. The predicted octanol–water partition coefficient (Wildman–Crippen LogP) is 25.8. The first kappa shape index (κ1) is 106. The molecular weight excluding hydrogens is 1980 g/mol. The average Bonchev–Trinajstić information content (AvgIpc) is 1.29. The Morgan fingerprint density at radius 2 is 0.655 bits per heavy atom. The molecule has 6 aliphatic rings. The standard InChI is InChI=1S/C40H46ClN5O4S.C39H45ClN4O3S.C38H42ClN5O4S/c1-8-49-39(48)36(50-40(4,5)6)33-23(2)19-31-37(34(33)25-9-12-28(41)13-10-25)51-38(42-31)27-11-14-32-30(20-27)35(43-44(32)7)26-15-17-45(18-16-26)29-21-46(22-29)24(3)47;1-7-46-38(45)35(47-39(3,4)5)32-23(2)21-30-36(33(32)24-11-14-27(40)15-12-24)48-37(41-30)26-13-16-31-29(22-26)34(42-43(31)6)25-17-19-44(20-18-25)28-9-8-10-28;1-21-17-29-35(32(23-7-10-26(39)11-8-23)31(21)34(37(46)47)48-38(3,4)5)49-36(40-29)25-9-12-30-28(18-25)33(41-42(30)6)24-13-15-43(16-14-24)27-19-44(20-27)22(2)45/h9-14,19-20,26,29,36H,8,15-18,21-22H2,1-7H3;11-16,21-22,25,28,35H,7-10,17-20H2,1-6H3;7-12,17-18,24,27,34H,13-16,19-20H2,1-6H3,(H,46,47)/t36-;35-;34-/m000/s1. The van der Waals surface area contributed by atoms with Crippen molar-refractivity contribution in [2.75, 3.05) is 78.7 Å². The van der Waals surface area contributed by atoms with E-state index in [1.807, 2.05) is 214 Å². The van der Waals surface area contributed by atoms with Crippen molar-refractivity contribution in [2.24, 2.45) is 21.1 Å². The highest BCUT2D eigenvalue weighted by Gasteiger charge is 2.43. The number of likely N-dealkylation sites (tertiary alicyclic amines) is 5. The van der Waals surface area contributed by atoms with E-state index in [1.165, 1.54) is 30.3 Å². The zero-order valence-corrected chi connectivity index (χ0v) is 92.8. The van der Waals surface area contributed by atoms with Crippen LogP contribution in [0.15, 0.2) is 146 Å². The summed E-state index contributed by atoms with van der Waals surface area (Å²) in [6, 6.07) is 50.4. The van der Waals surface area contributed by atoms with Crippen molar-refractivity contribution in [3.05, 3.63) is 211 Å². The molecule has 148 heavy (non-hydrogen) atoms. The molecule has 0 bridgehead atoms. The lowest BCUT2D eigenvalue weighted by atomic mass is 9.86. The lowest BCUT2D eigenvalue weighted by Crippen LogP contribution is -2.61. The summed E-state index contributed by atoms with van der Waals surface area (Å²) in [5.41, 5.74) is 20.8. The first-order chi connectivity index (χ1) is 70.6. The third-order valence-electron chi connectivity index (χ3n) is 30.0. The van der Waals surface area contributed by atoms with Crippen LogP contribution in [-0.4, -0.2) is 217 Å². The van der Waals surface area contributed by atoms with E-state index in [-0.39, 0.29) is 25.0 Å². The highest BCUT2D eigenvalue weighted by atomic mass is 35.5. The number of nitrogens with zero attached hydrogens (tertiary/aromatic N) is 14. The van der Waals surface area contributed by atoms with E-state index < -0.39 is 53.0 Å². The Hall–Kier alpha value is -11.0. The number of aromatic nitrogens is 9. The van der Waals surface area contributed by atoms with Gasteiger partial charge in [-0.2, -0.15) is 15.3 Å². The summed E-state index contributed by atoms with van der Waals surface area (Å²) in [5.74, 6) is -0.355. The number of benzene rings is 9. The number of carboxylic acid groups (broad SMARTS) is 1. The van der Waals surface area contributed by atoms with Crippen LogP contribution in [0.1, 0.15) is 234 Å². The molecule has 0 radical (unpaired) electrons. The van der Waals surface area contributed by atoms with Crippen molar-refractivity contribution >= 4 is 162 Å². The second kappa shape index (κ2) is 43.1. The quantitative estimate of drug-likeness (QED) is 0.0583. The maximum Gasteiger partial charge on any atom is 0.339 e. The monoisotopic (exact) mass is 2110 g/mol. The Balaban J connectivity index is 0.000000140. The molecule has 0 spiro atoms. The van der Waals surface area contributed by atoms with Gasteiger partial charge in [0, 0.05) is 178 Å². The largest absolute Gasteiger partial charge is 0.479 e. The maximum atomic E-state index is 13.6. The molecule has 25 nitrogen and oxygen atoms in total. The Morgan fingerprint density at radius 3 is 0.912 bits per heavy atom. The fourth-order valence-electron chi connectivity index (χ4n) is 22.3. The molecule has 2 amide bonds. The summed E-state index contributed by atoms with van der Waals surface area (Å²) < 4.78 is 39.1. The molecule has 6 aromatic heterocycles. The SMILES string of the molecule is CC(=O)N1CC(N2CCC(c3nn(C)c4ccc(-c5nc6cc(C)c([C@H](OC(C)(C)C)C(=O)O)c(-c7ccc(Cl)cc7)c6s5)cc34)CC2)C1.CCOC(=O)[C@@H](OC(C)(C)C)c1c(C)cc2nc(-c3ccc4c(c3)c(C3CCN(C5CCC5)CC3)nn4C)sc2c1-c1ccc(Cl)cc1.CCOC(=O)[C@@H](OC(C)(C)C)c1c(C)cc2nc(-c3ccc4c(c3)c(C3CCN(C5CN(C(C)=O)C5)CC3)nn4C)sc2c1-c1ccc(Cl)cc1. The molecular formula is C117H133Cl3N14O11S3. The molecule has 1 saturated carbocycles. The van der Waals surface area contributed by atoms with E-state index in [2.05, 4.69) is 88.5 Å². The predicted molar refractivity (Wildman–Crippen MR) is 596 cm³/mol. The molecule has 21 rings (SSSR count). The summed E-state index contributed by atoms with van der Waals surface area (Å²) in [5, 5.41) is 33.7. The van der Waals surface area contributed by atoms with Gasteiger partial charge in [0.2, 0.25) is 11.8 Å². The number of rotatable bonds is 23. The highest BCUT2D eigenvalue weighted by molar-refractivity contribution is 7.23. The van der Waals surface area contributed by atoms with Gasteiger partial charge in [-0.1, -0.05) is 77.6 Å². The normalized spacial score (nSPS) is 17.1. The highest BCUT2D eigenvalue weighted by Crippen LogP contribution is 2.52. The molecule has 776 valence electrons. The fourth-order valence-corrected chi connectivity index (χ4v) is 26.1. The number of carboxylic acids is 1. The molecule has 5 aliphatic heterocycles. The van der Waals surface area contributed by atoms with Gasteiger partial charge < -0.3 is 43.5 Å². The summed E-state index contributed by atoms with van der Waals surface area (Å²) in [6.45, 7) is 40.4. The van der Waals surface area contributed by atoms with Crippen molar-refractivity contribution in [1.29, 1.82) is 0 Å². The molecule has 5 saturated heterocycles. The number of carbonyl (C=O) groups is 5. The van der Waals surface area contributed by atoms with E-state index >= 15 is 0 Å². The lowest BCUT2D eigenvalue weighted by Gasteiger charge is -2.47. The number of ether oxygens (including phenoxy) is 5. The molecule has 3 atom stereocenters. The van der Waals surface area contributed by atoms with Gasteiger partial charge in [0.15, 0.2) is 18.3 Å². The van der Waals surface area contributed by atoms with Crippen molar-refractivity contribution in [1.82, 2.24) is 68.8 Å². The van der Waals surface area contributed by atoms with Crippen molar-refractivity contribution in [2.45, 2.75) is 240 Å². The van der Waals surface area contributed by atoms with Crippen molar-refractivity contribution in [3.63, 3.8) is 0 Å². The van der Waals surface area contributed by atoms with Crippen LogP contribution in [0.2, 0.25) is 15.1 Å². The maximum absolute atomic E-state index is 13.6. The topological polar surface area (TPSA) is 260 Å². The van der Waals surface area contributed by atoms with Crippen LogP contribution >= 0.6 is 68.8 Å². The van der Waals surface area contributed by atoms with Gasteiger partial charge >= 0.3 is 17.9 Å². The number of fused-ring (bicyclic) bond motifs is 6. The Bertz CT molecular complexity index is 7540. The number of aryl methyl sites for hydroxylation is 6. The van der Waals surface area contributed by atoms with Crippen LogP contribution in [0, 0.1) is 20.8 Å². The third-order valence-corrected chi connectivity index (χ3v) is 34.1. The van der Waals surface area contributed by atoms with Gasteiger partial charge in [0.05, 0.1) is 94.3 Å².